The third-order valence-corrected chi connectivity index (χ3v) is 3.50. The third kappa shape index (κ3) is 2.99. The number of nitrogens with one attached hydrogen (secondary N) is 1. The van der Waals surface area contributed by atoms with Crippen molar-refractivity contribution in [2.45, 2.75) is 45.7 Å². The van der Waals surface area contributed by atoms with E-state index in [-0.39, 0.29) is 0 Å². The first-order valence-electron chi connectivity index (χ1n) is 6.06. The van der Waals surface area contributed by atoms with Crippen LogP contribution >= 0.6 is 0 Å². The first kappa shape index (κ1) is 11.5. The molecule has 1 saturated carbocycles. The summed E-state index contributed by atoms with van der Waals surface area (Å²) in [4.78, 5) is 0. The van der Waals surface area contributed by atoms with Crippen LogP contribution in [0.15, 0.2) is 24.3 Å². The van der Waals surface area contributed by atoms with E-state index in [2.05, 4.69) is 19.2 Å². The molecule has 0 aromatic heterocycles. The number of phenols is 1. The van der Waals surface area contributed by atoms with Crippen molar-refractivity contribution in [2.24, 2.45) is 5.41 Å². The van der Waals surface area contributed by atoms with E-state index in [0.717, 1.165) is 6.54 Å². The Bertz CT molecular complexity index is 342. The molecule has 1 aliphatic rings. The Morgan fingerprint density at radius 3 is 2.56 bits per heavy atom. The minimum atomic E-state index is 0.339. The molecule has 1 atom stereocenters. The molecule has 0 radical (unpaired) electrons. The lowest BCUT2D eigenvalue weighted by Crippen LogP contribution is -2.26. The molecule has 2 heteroatoms. The standard InChI is InChI=1S/C14H21NO/c1-14(2)8-7-12(9-14)15-10-11-3-5-13(16)6-4-11/h3-6,12,15-16H,7-10H2,1-2H3. The largest absolute Gasteiger partial charge is 0.508 e. The molecule has 1 aliphatic carbocycles. The van der Waals surface area contributed by atoms with Crippen LogP contribution in [0.3, 0.4) is 0 Å². The summed E-state index contributed by atoms with van der Waals surface area (Å²) in [5, 5.41) is 12.8. The minimum Gasteiger partial charge on any atom is -0.508 e. The smallest absolute Gasteiger partial charge is 0.115 e. The molecule has 88 valence electrons. The van der Waals surface area contributed by atoms with Gasteiger partial charge in [-0.15, -0.1) is 0 Å². The monoisotopic (exact) mass is 219 g/mol. The summed E-state index contributed by atoms with van der Waals surface area (Å²) >= 11 is 0. The van der Waals surface area contributed by atoms with E-state index in [1.54, 1.807) is 12.1 Å². The Balaban J connectivity index is 1.82. The highest BCUT2D eigenvalue weighted by molar-refractivity contribution is 5.25. The lowest BCUT2D eigenvalue weighted by molar-refractivity contribution is 0.364. The molecule has 2 rings (SSSR count). The van der Waals surface area contributed by atoms with Gasteiger partial charge in [0.2, 0.25) is 0 Å². The molecule has 1 unspecified atom stereocenters. The molecule has 0 bridgehead atoms. The highest BCUT2D eigenvalue weighted by Crippen LogP contribution is 2.36. The summed E-state index contributed by atoms with van der Waals surface area (Å²) < 4.78 is 0. The number of benzene rings is 1. The number of aromatic hydroxyl groups is 1. The quantitative estimate of drug-likeness (QED) is 0.819. The van der Waals surface area contributed by atoms with Gasteiger partial charge in [0.25, 0.3) is 0 Å². The number of phenolic OH excluding ortho intramolecular Hbond substituents is 1. The van der Waals surface area contributed by atoms with Crippen molar-refractivity contribution in [3.63, 3.8) is 0 Å². The molecule has 1 aromatic carbocycles. The molecule has 0 spiro atoms. The predicted octanol–water partition coefficient (Wildman–Crippen LogP) is 3.06. The highest BCUT2D eigenvalue weighted by atomic mass is 16.3. The minimum absolute atomic E-state index is 0.339. The van der Waals surface area contributed by atoms with Gasteiger partial charge in [-0.1, -0.05) is 26.0 Å². The van der Waals surface area contributed by atoms with Crippen LogP contribution in [-0.2, 0) is 6.54 Å². The second kappa shape index (κ2) is 4.46. The summed E-state index contributed by atoms with van der Waals surface area (Å²) in [6, 6.07) is 8.10. The van der Waals surface area contributed by atoms with Gasteiger partial charge in [0, 0.05) is 12.6 Å². The Hall–Kier alpha value is -1.02. The molecule has 0 heterocycles. The molecule has 0 saturated heterocycles. The van der Waals surface area contributed by atoms with E-state index in [9.17, 15) is 5.11 Å². The molecule has 0 amide bonds. The molecule has 2 N–H and O–H groups in total. The van der Waals surface area contributed by atoms with Crippen molar-refractivity contribution in [3.8, 4) is 5.75 Å². The maximum Gasteiger partial charge on any atom is 0.115 e. The fraction of sp³-hybridized carbons (Fsp3) is 0.571. The van der Waals surface area contributed by atoms with Crippen LogP contribution in [-0.4, -0.2) is 11.1 Å². The van der Waals surface area contributed by atoms with Gasteiger partial charge < -0.3 is 10.4 Å². The Morgan fingerprint density at radius 2 is 2.00 bits per heavy atom. The Morgan fingerprint density at radius 1 is 1.31 bits per heavy atom. The SMILES string of the molecule is CC1(C)CCC(NCc2ccc(O)cc2)C1. The summed E-state index contributed by atoms with van der Waals surface area (Å²) in [6.07, 6.45) is 3.87. The number of hydrogen-bond acceptors (Lipinski definition) is 2. The summed E-state index contributed by atoms with van der Waals surface area (Å²) in [5.41, 5.74) is 1.75. The molecule has 2 nitrogen and oxygen atoms in total. The molecule has 1 fully saturated rings. The van der Waals surface area contributed by atoms with Crippen molar-refractivity contribution in [3.05, 3.63) is 29.8 Å². The van der Waals surface area contributed by atoms with E-state index in [4.69, 9.17) is 0 Å². The zero-order valence-electron chi connectivity index (χ0n) is 10.2. The van der Waals surface area contributed by atoms with Gasteiger partial charge in [-0.05, 0) is 42.4 Å². The molecular formula is C14H21NO. The Labute approximate surface area is 97.7 Å². The van der Waals surface area contributed by atoms with Gasteiger partial charge in [0.15, 0.2) is 0 Å². The van der Waals surface area contributed by atoms with Crippen LogP contribution in [0.5, 0.6) is 5.75 Å². The number of rotatable bonds is 3. The van der Waals surface area contributed by atoms with E-state index in [0.29, 0.717) is 17.2 Å². The second-order valence-corrected chi connectivity index (χ2v) is 5.65. The van der Waals surface area contributed by atoms with Crippen molar-refractivity contribution >= 4 is 0 Å². The lowest BCUT2D eigenvalue weighted by atomic mass is 9.92. The van der Waals surface area contributed by atoms with E-state index >= 15 is 0 Å². The van der Waals surface area contributed by atoms with Crippen molar-refractivity contribution < 1.29 is 5.11 Å². The zero-order chi connectivity index (χ0) is 11.6. The first-order chi connectivity index (χ1) is 7.55. The summed E-state index contributed by atoms with van der Waals surface area (Å²) in [5.74, 6) is 0.339. The lowest BCUT2D eigenvalue weighted by Gasteiger charge is -2.17. The van der Waals surface area contributed by atoms with E-state index < -0.39 is 0 Å². The van der Waals surface area contributed by atoms with Gasteiger partial charge >= 0.3 is 0 Å². The van der Waals surface area contributed by atoms with Gasteiger partial charge in [-0.3, -0.25) is 0 Å². The fourth-order valence-corrected chi connectivity index (χ4v) is 2.49. The average Bonchev–Trinajstić information content (AvgIpc) is 2.58. The molecule has 0 aliphatic heterocycles. The van der Waals surface area contributed by atoms with Gasteiger partial charge in [-0.2, -0.15) is 0 Å². The van der Waals surface area contributed by atoms with Gasteiger partial charge in [0.05, 0.1) is 0 Å². The van der Waals surface area contributed by atoms with Crippen molar-refractivity contribution in [1.82, 2.24) is 5.32 Å². The van der Waals surface area contributed by atoms with E-state index in [1.165, 1.54) is 24.8 Å². The molecular weight excluding hydrogens is 198 g/mol. The van der Waals surface area contributed by atoms with Crippen molar-refractivity contribution in [1.29, 1.82) is 0 Å². The fourth-order valence-electron chi connectivity index (χ4n) is 2.49. The topological polar surface area (TPSA) is 32.3 Å². The summed E-state index contributed by atoms with van der Waals surface area (Å²) in [6.45, 7) is 5.59. The first-order valence-corrected chi connectivity index (χ1v) is 6.06. The summed E-state index contributed by atoms with van der Waals surface area (Å²) in [7, 11) is 0. The van der Waals surface area contributed by atoms with Crippen LogP contribution in [0, 0.1) is 5.41 Å². The van der Waals surface area contributed by atoms with E-state index in [1.807, 2.05) is 12.1 Å². The maximum atomic E-state index is 9.18. The van der Waals surface area contributed by atoms with Gasteiger partial charge in [-0.25, -0.2) is 0 Å². The molecule has 1 aromatic rings. The van der Waals surface area contributed by atoms with Gasteiger partial charge in [0.1, 0.15) is 5.75 Å². The maximum absolute atomic E-state index is 9.18. The normalized spacial score (nSPS) is 23.5. The Kier molecular flexibility index (Phi) is 3.20. The second-order valence-electron chi connectivity index (χ2n) is 5.65. The van der Waals surface area contributed by atoms with Crippen LogP contribution in [0.2, 0.25) is 0 Å². The average molecular weight is 219 g/mol. The zero-order valence-corrected chi connectivity index (χ0v) is 10.2. The number of hydrogen-bond donors (Lipinski definition) is 2. The van der Waals surface area contributed by atoms with Crippen LogP contribution < -0.4 is 5.32 Å². The van der Waals surface area contributed by atoms with Crippen LogP contribution in [0.1, 0.15) is 38.7 Å². The predicted molar refractivity (Wildman–Crippen MR) is 66.4 cm³/mol. The third-order valence-electron chi connectivity index (χ3n) is 3.50. The molecule has 16 heavy (non-hydrogen) atoms. The van der Waals surface area contributed by atoms with Crippen LogP contribution in [0.25, 0.3) is 0 Å². The van der Waals surface area contributed by atoms with Crippen molar-refractivity contribution in [2.75, 3.05) is 0 Å². The van der Waals surface area contributed by atoms with Crippen LogP contribution in [0.4, 0.5) is 0 Å². The highest BCUT2D eigenvalue weighted by Gasteiger charge is 2.30.